The monoisotopic (exact) mass is 183 g/mol. The van der Waals surface area contributed by atoms with Crippen molar-refractivity contribution in [2.75, 3.05) is 0 Å². The second kappa shape index (κ2) is 4.05. The van der Waals surface area contributed by atoms with E-state index in [9.17, 15) is 9.90 Å². The maximum Gasteiger partial charge on any atom is 0.146 e. The third kappa shape index (κ3) is 2.87. The molecule has 1 unspecified atom stereocenters. The van der Waals surface area contributed by atoms with E-state index in [0.717, 1.165) is 6.92 Å². The van der Waals surface area contributed by atoms with Crippen molar-refractivity contribution in [2.45, 2.75) is 19.3 Å². The molecule has 0 spiro atoms. The average molecular weight is 183 g/mol. The normalized spacial score (nSPS) is 21.7. The van der Waals surface area contributed by atoms with Gasteiger partial charge in [0.1, 0.15) is 11.5 Å². The topological polar surface area (TPSA) is 63.3 Å². The van der Waals surface area contributed by atoms with Crippen LogP contribution in [0.2, 0.25) is 0 Å². The maximum atomic E-state index is 11.2. The molecule has 13 heavy (non-hydrogen) atoms. The summed E-state index contributed by atoms with van der Waals surface area (Å²) in [5.74, 6) is -1.29. The zero-order valence-electron chi connectivity index (χ0n) is 11.2. The number of carbonyl (C=O) groups excluding carboxylic acids is 1. The fourth-order valence-corrected chi connectivity index (χ4v) is 0.778. The van der Waals surface area contributed by atoms with Gasteiger partial charge < -0.3 is 10.8 Å². The second-order valence-corrected chi connectivity index (χ2v) is 2.56. The Morgan fingerprint density at radius 3 is 3.31 bits per heavy atom. The molecule has 0 bridgehead atoms. The van der Waals surface area contributed by atoms with Crippen molar-refractivity contribution in [3.05, 3.63) is 29.8 Å². The molecule has 70 valence electrons. The molecule has 0 heterocycles. The van der Waals surface area contributed by atoms with Crippen molar-refractivity contribution in [1.82, 2.24) is 0 Å². The minimum Gasteiger partial charge on any atom is -0.508 e. The van der Waals surface area contributed by atoms with Gasteiger partial charge in [-0.1, -0.05) is 12.1 Å². The van der Waals surface area contributed by atoms with Crippen LogP contribution in [0.15, 0.2) is 24.2 Å². The van der Waals surface area contributed by atoms with Crippen molar-refractivity contribution >= 4 is 5.78 Å². The Kier molecular flexibility index (Phi) is 1.68. The number of hydrogen-bond acceptors (Lipinski definition) is 3. The van der Waals surface area contributed by atoms with E-state index in [4.69, 9.17) is 11.2 Å². The van der Waals surface area contributed by atoms with Crippen molar-refractivity contribution < 1.29 is 15.4 Å². The lowest BCUT2D eigenvalue weighted by Gasteiger charge is -2.07. The first kappa shape index (κ1) is 5.40. The maximum absolute atomic E-state index is 11.2. The zero-order valence-corrected chi connectivity index (χ0v) is 7.16. The Labute approximate surface area is 82.8 Å². The van der Waals surface area contributed by atoms with E-state index in [1.54, 1.807) is 0 Å². The first-order valence-corrected chi connectivity index (χ1v) is 3.70. The highest BCUT2D eigenvalue weighted by molar-refractivity contribution is 5.81. The molecule has 3 N–H and O–H groups in total. The van der Waals surface area contributed by atoms with Gasteiger partial charge in [0.25, 0.3) is 0 Å². The van der Waals surface area contributed by atoms with Crippen LogP contribution in [-0.4, -0.2) is 16.9 Å². The summed E-state index contributed by atoms with van der Waals surface area (Å²) in [6.45, 7) is 1.09. The summed E-state index contributed by atoms with van der Waals surface area (Å²) in [5, 5.41) is 9.40. The van der Waals surface area contributed by atoms with Gasteiger partial charge >= 0.3 is 0 Å². The van der Waals surface area contributed by atoms with E-state index in [2.05, 4.69) is 0 Å². The van der Waals surface area contributed by atoms with Gasteiger partial charge in [0, 0.05) is 1.37 Å². The van der Waals surface area contributed by atoms with Crippen molar-refractivity contribution in [2.24, 2.45) is 5.73 Å². The van der Waals surface area contributed by atoms with Crippen molar-refractivity contribution in [1.29, 1.82) is 0 Å². The van der Waals surface area contributed by atoms with Gasteiger partial charge in [0.15, 0.2) is 0 Å². The molecule has 0 amide bonds. The largest absolute Gasteiger partial charge is 0.508 e. The lowest BCUT2D eigenvalue weighted by Crippen LogP contribution is -2.30. The molecule has 0 aromatic heterocycles. The van der Waals surface area contributed by atoms with Gasteiger partial charge in [-0.15, -0.1) is 0 Å². The van der Waals surface area contributed by atoms with Crippen molar-refractivity contribution in [3.63, 3.8) is 0 Å². The predicted octanol–water partition coefficient (Wildman–Crippen LogP) is 0.851. The number of hydrogen-bond donors (Lipinski definition) is 2. The number of phenolic OH excluding ortho intramolecular Hbond substituents is 1. The fourth-order valence-electron chi connectivity index (χ4n) is 0.778. The third-order valence-electron chi connectivity index (χ3n) is 1.46. The first-order chi connectivity index (χ1) is 7.69. The van der Waals surface area contributed by atoms with Gasteiger partial charge in [0.2, 0.25) is 0 Å². The number of Topliss-reactive ketones (excluding diaryl/α,β-unsaturated/α-hetero) is 1. The van der Waals surface area contributed by atoms with Crippen LogP contribution in [0.3, 0.4) is 0 Å². The molecule has 2 atom stereocenters. The molecule has 0 saturated carbocycles. The molecular formula is C10H13NO2. The molecule has 3 heteroatoms. The summed E-state index contributed by atoms with van der Waals surface area (Å²) >= 11 is 0. The average Bonchev–Trinajstić information content (AvgIpc) is 2.25. The molecule has 0 aliphatic carbocycles. The van der Waals surface area contributed by atoms with E-state index in [1.165, 1.54) is 12.1 Å². The first-order valence-electron chi connectivity index (χ1n) is 5.78. The Morgan fingerprint density at radius 2 is 2.69 bits per heavy atom. The minimum atomic E-state index is -2.17. The van der Waals surface area contributed by atoms with Gasteiger partial charge in [0.05, 0.1) is 10.1 Å². The van der Waals surface area contributed by atoms with Crippen LogP contribution in [0, 0.1) is 0 Å². The summed E-state index contributed by atoms with van der Waals surface area (Å²) in [4.78, 5) is 11.2. The summed E-state index contributed by atoms with van der Waals surface area (Å²) < 4.78 is 30.1. The van der Waals surface area contributed by atoms with Crippen molar-refractivity contribution in [3.8, 4) is 5.75 Å². The number of aromatic hydroxyl groups is 1. The Hall–Kier alpha value is -1.35. The Balaban J connectivity index is 3.27. The summed E-state index contributed by atoms with van der Waals surface area (Å²) in [5.41, 5.74) is 5.36. The molecule has 1 aromatic rings. The predicted molar refractivity (Wildman–Crippen MR) is 50.5 cm³/mol. The van der Waals surface area contributed by atoms with Crippen LogP contribution < -0.4 is 5.73 Å². The molecule has 0 radical (unpaired) electrons. The third-order valence-corrected chi connectivity index (χ3v) is 1.46. The fraction of sp³-hybridized carbons (Fsp3) is 0.300. The number of nitrogens with two attached hydrogens (primary N) is 1. The lowest BCUT2D eigenvalue weighted by molar-refractivity contribution is -0.118. The summed E-state index contributed by atoms with van der Waals surface area (Å²) in [7, 11) is 0. The number of ketones is 1. The number of carbonyl (C=O) groups is 1. The van der Waals surface area contributed by atoms with Crippen LogP contribution in [0.4, 0.5) is 0 Å². The number of phenols is 1. The van der Waals surface area contributed by atoms with Gasteiger partial charge in [-0.3, -0.25) is 4.79 Å². The summed E-state index contributed by atoms with van der Waals surface area (Å²) in [6.07, 6.45) is -1.49. The highest BCUT2D eigenvalue weighted by Gasteiger charge is 2.08. The molecule has 1 aromatic carbocycles. The molecule has 0 aliphatic heterocycles. The SMILES string of the molecule is [2H]c1ccc(C([2H])[C@]([2H])(N)C(C)=O)c([2H])c1O. The van der Waals surface area contributed by atoms with E-state index < -0.39 is 30.0 Å². The Morgan fingerprint density at radius 1 is 2.00 bits per heavy atom. The number of benzene rings is 1. The van der Waals surface area contributed by atoms with Crippen LogP contribution in [0.25, 0.3) is 0 Å². The second-order valence-electron chi connectivity index (χ2n) is 2.56. The molecular weight excluding hydrogens is 166 g/mol. The van der Waals surface area contributed by atoms with Crippen LogP contribution in [0.1, 0.15) is 18.0 Å². The van der Waals surface area contributed by atoms with E-state index in [1.807, 2.05) is 0 Å². The van der Waals surface area contributed by atoms with Gasteiger partial charge in [-0.25, -0.2) is 0 Å². The summed E-state index contributed by atoms with van der Waals surface area (Å²) in [6, 6.07) is -0.421. The molecule has 1 rings (SSSR count). The van der Waals surface area contributed by atoms with E-state index >= 15 is 0 Å². The van der Waals surface area contributed by atoms with E-state index in [0.29, 0.717) is 0 Å². The highest BCUT2D eigenvalue weighted by atomic mass is 16.3. The van der Waals surface area contributed by atoms with Gasteiger partial charge in [-0.2, -0.15) is 0 Å². The Bertz CT molecular complexity index is 462. The smallest absolute Gasteiger partial charge is 0.146 e. The zero-order chi connectivity index (χ0) is 13.4. The highest BCUT2D eigenvalue weighted by Crippen LogP contribution is 2.12. The standard InChI is InChI=1S/C10H13NO2/c1-7(12)10(11)6-8-3-2-4-9(13)5-8/h2-5,10,13H,6,11H2,1H3/t10-/m0/s1/i4D,5D,6D,10D/t6?,10-. The molecule has 0 saturated heterocycles. The van der Waals surface area contributed by atoms with Gasteiger partial charge in [-0.05, 0) is 31.0 Å². The van der Waals surface area contributed by atoms with Crippen LogP contribution in [0.5, 0.6) is 5.75 Å². The van der Waals surface area contributed by atoms with Crippen LogP contribution in [-0.2, 0) is 11.2 Å². The molecule has 0 aliphatic rings. The molecule has 0 fully saturated rings. The lowest BCUT2D eigenvalue weighted by atomic mass is 10.0. The number of rotatable bonds is 3. The minimum absolute atomic E-state index is 0.0498. The quantitative estimate of drug-likeness (QED) is 0.730. The van der Waals surface area contributed by atoms with Crippen LogP contribution >= 0.6 is 0 Å². The van der Waals surface area contributed by atoms with E-state index in [-0.39, 0.29) is 11.6 Å². The molecule has 3 nitrogen and oxygen atoms in total.